The second kappa shape index (κ2) is 4.91. The highest BCUT2D eigenvalue weighted by Crippen LogP contribution is 2.14. The van der Waals surface area contributed by atoms with Gasteiger partial charge in [0.25, 0.3) is 0 Å². The number of carbonyl (C=O) groups is 1. The van der Waals surface area contributed by atoms with E-state index in [-0.39, 0.29) is 5.57 Å². The van der Waals surface area contributed by atoms with Crippen molar-refractivity contribution in [1.82, 2.24) is 4.98 Å². The van der Waals surface area contributed by atoms with E-state index in [0.29, 0.717) is 16.9 Å². The number of hydrogen-bond acceptors (Lipinski definition) is 3. The van der Waals surface area contributed by atoms with E-state index in [9.17, 15) is 4.79 Å². The Morgan fingerprint density at radius 3 is 2.93 bits per heavy atom. The number of hydrogen-bond donors (Lipinski definition) is 0. The zero-order valence-electron chi connectivity index (χ0n) is 7.79. The molecule has 1 aromatic heterocycles. The Morgan fingerprint density at radius 1 is 1.64 bits per heavy atom. The van der Waals surface area contributed by atoms with Gasteiger partial charge in [0.1, 0.15) is 4.60 Å². The van der Waals surface area contributed by atoms with Gasteiger partial charge in [-0.1, -0.05) is 12.6 Å². The van der Waals surface area contributed by atoms with Crippen molar-refractivity contribution in [2.24, 2.45) is 0 Å². The van der Waals surface area contributed by atoms with E-state index in [1.165, 1.54) is 0 Å². The molecule has 0 radical (unpaired) electrons. The average Bonchev–Trinajstić information content (AvgIpc) is 2.17. The summed E-state index contributed by atoms with van der Waals surface area (Å²) in [6, 6.07) is 5.28. The number of rotatable bonds is 3. The Morgan fingerprint density at radius 2 is 2.36 bits per heavy atom. The predicted molar refractivity (Wildman–Crippen MR) is 57.6 cm³/mol. The van der Waals surface area contributed by atoms with Gasteiger partial charge in [-0.2, -0.15) is 0 Å². The number of aromatic nitrogens is 1. The Kier molecular flexibility index (Phi) is 3.83. The van der Waals surface area contributed by atoms with Crippen LogP contribution in [0.4, 0.5) is 0 Å². The Balaban J connectivity index is 2.84. The first kappa shape index (κ1) is 10.9. The molecule has 74 valence electrons. The summed E-state index contributed by atoms with van der Waals surface area (Å²) >= 11 is 3.21. The molecule has 0 unspecified atom stereocenters. The number of ether oxygens (including phenoxy) is 1. The molecular formula is C10H10BrNO2. The fourth-order valence-electron chi connectivity index (χ4n) is 0.899. The van der Waals surface area contributed by atoms with Gasteiger partial charge in [-0.05, 0) is 35.0 Å². The Bertz CT molecular complexity index is 363. The van der Waals surface area contributed by atoms with Gasteiger partial charge in [0, 0.05) is 0 Å². The van der Waals surface area contributed by atoms with Crippen molar-refractivity contribution in [2.45, 2.75) is 6.92 Å². The lowest BCUT2D eigenvalue weighted by Crippen LogP contribution is -2.06. The highest BCUT2D eigenvalue weighted by molar-refractivity contribution is 9.10. The van der Waals surface area contributed by atoms with E-state index in [1.807, 2.05) is 0 Å². The molecule has 14 heavy (non-hydrogen) atoms. The van der Waals surface area contributed by atoms with Crippen LogP contribution in [0.15, 0.2) is 29.4 Å². The van der Waals surface area contributed by atoms with Crippen LogP contribution in [0.1, 0.15) is 12.6 Å². The minimum absolute atomic E-state index is 0.271. The van der Waals surface area contributed by atoms with Gasteiger partial charge in [0.15, 0.2) is 0 Å². The molecule has 0 amide bonds. The van der Waals surface area contributed by atoms with Crippen LogP contribution in [0.3, 0.4) is 0 Å². The number of halogens is 1. The van der Waals surface area contributed by atoms with Crippen molar-refractivity contribution >= 4 is 27.5 Å². The number of nitrogens with zero attached hydrogens (tertiary/aromatic N) is 1. The van der Waals surface area contributed by atoms with Gasteiger partial charge in [-0.3, -0.25) is 0 Å². The van der Waals surface area contributed by atoms with Crippen LogP contribution >= 0.6 is 15.9 Å². The summed E-state index contributed by atoms with van der Waals surface area (Å²) in [4.78, 5) is 15.4. The van der Waals surface area contributed by atoms with Crippen LogP contribution in [0.25, 0.3) is 5.57 Å². The molecule has 0 fully saturated rings. The molecule has 0 aromatic carbocycles. The first-order valence-corrected chi connectivity index (χ1v) is 4.93. The summed E-state index contributed by atoms with van der Waals surface area (Å²) in [6.45, 7) is 5.72. The zero-order chi connectivity index (χ0) is 10.6. The third-order valence-corrected chi connectivity index (χ3v) is 1.99. The van der Waals surface area contributed by atoms with Crippen molar-refractivity contribution in [3.05, 3.63) is 35.1 Å². The van der Waals surface area contributed by atoms with Crippen molar-refractivity contribution in [2.75, 3.05) is 6.61 Å². The van der Waals surface area contributed by atoms with Crippen LogP contribution < -0.4 is 0 Å². The summed E-state index contributed by atoms with van der Waals surface area (Å²) in [5.41, 5.74) is 0.797. The van der Waals surface area contributed by atoms with Crippen molar-refractivity contribution in [3.63, 3.8) is 0 Å². The maximum atomic E-state index is 11.3. The molecule has 0 aliphatic carbocycles. The van der Waals surface area contributed by atoms with E-state index in [1.54, 1.807) is 25.1 Å². The third-order valence-electron chi connectivity index (χ3n) is 1.55. The second-order valence-electron chi connectivity index (χ2n) is 2.54. The van der Waals surface area contributed by atoms with Gasteiger partial charge in [0.05, 0.1) is 17.9 Å². The van der Waals surface area contributed by atoms with Crippen LogP contribution in [-0.2, 0) is 9.53 Å². The highest BCUT2D eigenvalue weighted by atomic mass is 79.9. The zero-order valence-corrected chi connectivity index (χ0v) is 9.37. The summed E-state index contributed by atoms with van der Waals surface area (Å²) < 4.78 is 5.47. The summed E-state index contributed by atoms with van der Waals surface area (Å²) in [7, 11) is 0. The minimum atomic E-state index is -0.432. The summed E-state index contributed by atoms with van der Waals surface area (Å²) in [6.07, 6.45) is 0. The van der Waals surface area contributed by atoms with Crippen LogP contribution in [0.5, 0.6) is 0 Å². The fourth-order valence-corrected chi connectivity index (χ4v) is 1.24. The van der Waals surface area contributed by atoms with Gasteiger partial charge in [-0.25, -0.2) is 9.78 Å². The molecule has 0 N–H and O–H groups in total. The number of carbonyl (C=O) groups excluding carboxylic acids is 1. The normalized spacial score (nSPS) is 9.57. The van der Waals surface area contributed by atoms with Gasteiger partial charge >= 0.3 is 5.97 Å². The maximum Gasteiger partial charge on any atom is 0.339 e. The van der Waals surface area contributed by atoms with E-state index in [0.717, 1.165) is 0 Å². The molecule has 1 rings (SSSR count). The molecule has 0 bridgehead atoms. The number of pyridine rings is 1. The molecular weight excluding hydrogens is 246 g/mol. The van der Waals surface area contributed by atoms with E-state index < -0.39 is 5.97 Å². The van der Waals surface area contributed by atoms with Crippen molar-refractivity contribution < 1.29 is 9.53 Å². The fraction of sp³-hybridized carbons (Fsp3) is 0.200. The van der Waals surface area contributed by atoms with Crippen molar-refractivity contribution in [3.8, 4) is 0 Å². The van der Waals surface area contributed by atoms with E-state index in [2.05, 4.69) is 27.5 Å². The summed E-state index contributed by atoms with van der Waals surface area (Å²) in [5, 5.41) is 0. The van der Waals surface area contributed by atoms with Crippen molar-refractivity contribution in [1.29, 1.82) is 0 Å². The largest absolute Gasteiger partial charge is 0.462 e. The SMILES string of the molecule is C=C(C(=O)OCC)c1cccc(Br)n1. The topological polar surface area (TPSA) is 39.2 Å². The molecule has 4 heteroatoms. The first-order chi connectivity index (χ1) is 6.65. The number of esters is 1. The molecule has 0 aliphatic rings. The highest BCUT2D eigenvalue weighted by Gasteiger charge is 2.11. The third kappa shape index (κ3) is 2.67. The average molecular weight is 256 g/mol. The lowest BCUT2D eigenvalue weighted by molar-refractivity contribution is -0.136. The molecule has 0 aliphatic heterocycles. The monoisotopic (exact) mass is 255 g/mol. The van der Waals surface area contributed by atoms with E-state index in [4.69, 9.17) is 4.74 Å². The first-order valence-electron chi connectivity index (χ1n) is 4.14. The lowest BCUT2D eigenvalue weighted by atomic mass is 10.2. The van der Waals surface area contributed by atoms with Crippen LogP contribution in [0, 0.1) is 0 Å². The summed E-state index contributed by atoms with van der Waals surface area (Å²) in [5.74, 6) is -0.432. The maximum absolute atomic E-state index is 11.3. The molecule has 1 heterocycles. The van der Waals surface area contributed by atoms with Crippen LogP contribution in [0.2, 0.25) is 0 Å². The quantitative estimate of drug-likeness (QED) is 0.473. The lowest BCUT2D eigenvalue weighted by Gasteiger charge is -2.04. The molecule has 1 aromatic rings. The standard InChI is InChI=1S/C10H10BrNO2/c1-3-14-10(13)7(2)8-5-4-6-9(11)12-8/h4-6H,2-3H2,1H3. The second-order valence-corrected chi connectivity index (χ2v) is 3.36. The molecule has 0 atom stereocenters. The van der Waals surface area contributed by atoms with Gasteiger partial charge in [0.2, 0.25) is 0 Å². The Hall–Kier alpha value is -1.16. The predicted octanol–water partition coefficient (Wildman–Crippen LogP) is 2.42. The molecule has 0 spiro atoms. The van der Waals surface area contributed by atoms with Gasteiger partial charge < -0.3 is 4.74 Å². The molecule has 3 nitrogen and oxygen atoms in total. The van der Waals surface area contributed by atoms with Crippen LogP contribution in [-0.4, -0.2) is 17.6 Å². The van der Waals surface area contributed by atoms with E-state index >= 15 is 0 Å². The van der Waals surface area contributed by atoms with Gasteiger partial charge in [-0.15, -0.1) is 0 Å². The smallest absolute Gasteiger partial charge is 0.339 e. The Labute approximate surface area is 90.9 Å². The minimum Gasteiger partial charge on any atom is -0.462 e. The molecule has 0 saturated carbocycles. The molecule has 0 saturated heterocycles.